The average molecular weight is 293 g/mol. The Morgan fingerprint density at radius 1 is 1.22 bits per heavy atom. The molecule has 0 spiro atoms. The van der Waals surface area contributed by atoms with Gasteiger partial charge in [0.1, 0.15) is 0 Å². The minimum absolute atomic E-state index is 0. The lowest BCUT2D eigenvalue weighted by molar-refractivity contribution is -0.0335. The second kappa shape index (κ2) is 9.59. The van der Waals surface area contributed by atoms with Crippen LogP contribution in [0.3, 0.4) is 0 Å². The zero-order chi connectivity index (χ0) is 11.2. The molecule has 0 saturated carbocycles. The first-order valence-corrected chi connectivity index (χ1v) is 5.96. The predicted octanol–water partition coefficient (Wildman–Crippen LogP) is 2.08. The number of halogens is 2. The summed E-state index contributed by atoms with van der Waals surface area (Å²) in [7, 11) is 0. The smallest absolute Gasteiger partial charge is 0.0714 e. The molecule has 1 unspecified atom stereocenters. The van der Waals surface area contributed by atoms with E-state index in [1.165, 1.54) is 5.56 Å². The molecule has 1 heterocycles. The Balaban J connectivity index is 0.00000144. The van der Waals surface area contributed by atoms with Crippen molar-refractivity contribution in [1.29, 1.82) is 0 Å². The molecule has 1 aliphatic heterocycles. The average Bonchev–Trinajstić information content (AvgIpc) is 2.31. The molecular weight excluding hydrogens is 271 g/mol. The van der Waals surface area contributed by atoms with Crippen LogP contribution >= 0.6 is 24.8 Å². The number of hydrogen-bond donors (Lipinski definition) is 1. The van der Waals surface area contributed by atoms with Crippen LogP contribution < -0.4 is 5.73 Å². The molecule has 18 heavy (non-hydrogen) atoms. The molecule has 5 heteroatoms. The molecule has 1 aliphatic rings. The predicted molar refractivity (Wildman–Crippen MR) is 79.6 cm³/mol. The Bertz CT molecular complexity index is 309. The molecular formula is C13H22Cl2N2O. The number of ether oxygens (including phenoxy) is 1. The van der Waals surface area contributed by atoms with E-state index in [1.54, 1.807) is 0 Å². The van der Waals surface area contributed by atoms with E-state index in [0.29, 0.717) is 12.6 Å². The van der Waals surface area contributed by atoms with Crippen LogP contribution in [0.1, 0.15) is 12.0 Å². The number of benzene rings is 1. The van der Waals surface area contributed by atoms with Crippen molar-refractivity contribution < 1.29 is 4.74 Å². The first-order chi connectivity index (χ1) is 7.88. The van der Waals surface area contributed by atoms with Crippen molar-refractivity contribution in [2.45, 2.75) is 19.1 Å². The van der Waals surface area contributed by atoms with Crippen molar-refractivity contribution in [3.63, 3.8) is 0 Å². The van der Waals surface area contributed by atoms with Crippen LogP contribution in [0.25, 0.3) is 0 Å². The van der Waals surface area contributed by atoms with E-state index in [1.807, 2.05) is 0 Å². The van der Waals surface area contributed by atoms with Gasteiger partial charge in [-0.05, 0) is 18.5 Å². The van der Waals surface area contributed by atoms with Gasteiger partial charge in [0, 0.05) is 19.6 Å². The van der Waals surface area contributed by atoms with Crippen LogP contribution in [-0.4, -0.2) is 37.2 Å². The maximum atomic E-state index is 5.66. The molecule has 104 valence electrons. The zero-order valence-corrected chi connectivity index (χ0v) is 12.1. The SMILES string of the molecule is Cl.Cl.NCCC1CN(Cc2ccccc2)CCO1. The van der Waals surface area contributed by atoms with Crippen LogP contribution in [0.5, 0.6) is 0 Å². The van der Waals surface area contributed by atoms with Gasteiger partial charge in [0.25, 0.3) is 0 Å². The highest BCUT2D eigenvalue weighted by Crippen LogP contribution is 2.11. The van der Waals surface area contributed by atoms with Gasteiger partial charge in [-0.3, -0.25) is 4.90 Å². The van der Waals surface area contributed by atoms with E-state index in [2.05, 4.69) is 35.2 Å². The minimum atomic E-state index is 0. The Morgan fingerprint density at radius 3 is 2.61 bits per heavy atom. The highest BCUT2D eigenvalue weighted by molar-refractivity contribution is 5.85. The highest BCUT2D eigenvalue weighted by Gasteiger charge is 2.19. The van der Waals surface area contributed by atoms with Crippen molar-refractivity contribution in [2.75, 3.05) is 26.2 Å². The van der Waals surface area contributed by atoms with E-state index < -0.39 is 0 Å². The lowest BCUT2D eigenvalue weighted by Gasteiger charge is -2.32. The summed E-state index contributed by atoms with van der Waals surface area (Å²) in [6, 6.07) is 10.6. The lowest BCUT2D eigenvalue weighted by atomic mass is 10.1. The zero-order valence-electron chi connectivity index (χ0n) is 10.5. The molecule has 1 aromatic carbocycles. The quantitative estimate of drug-likeness (QED) is 0.923. The largest absolute Gasteiger partial charge is 0.376 e. The summed E-state index contributed by atoms with van der Waals surface area (Å²) in [6.45, 7) is 4.59. The van der Waals surface area contributed by atoms with Gasteiger partial charge < -0.3 is 10.5 Å². The van der Waals surface area contributed by atoms with Crippen LogP contribution in [0.2, 0.25) is 0 Å². The number of nitrogens with two attached hydrogens (primary N) is 1. The fourth-order valence-electron chi connectivity index (χ4n) is 2.13. The Morgan fingerprint density at radius 2 is 1.94 bits per heavy atom. The molecule has 0 bridgehead atoms. The third-order valence-corrected chi connectivity index (χ3v) is 2.96. The highest BCUT2D eigenvalue weighted by atomic mass is 35.5. The van der Waals surface area contributed by atoms with Crippen molar-refractivity contribution >= 4 is 24.8 Å². The molecule has 0 aromatic heterocycles. The standard InChI is InChI=1S/C13H20N2O.2ClH/c14-7-6-13-11-15(8-9-16-13)10-12-4-2-1-3-5-12;;/h1-5,13H,6-11,14H2;2*1H. The summed E-state index contributed by atoms with van der Waals surface area (Å²) in [6.07, 6.45) is 1.29. The number of nitrogens with zero attached hydrogens (tertiary/aromatic N) is 1. The Hall–Kier alpha value is -0.320. The number of hydrogen-bond acceptors (Lipinski definition) is 3. The van der Waals surface area contributed by atoms with Gasteiger partial charge in [-0.2, -0.15) is 0 Å². The third kappa shape index (κ3) is 5.55. The maximum absolute atomic E-state index is 5.66. The molecule has 0 radical (unpaired) electrons. The molecule has 1 saturated heterocycles. The normalized spacial score (nSPS) is 19.7. The van der Waals surface area contributed by atoms with Gasteiger partial charge in [0.05, 0.1) is 12.7 Å². The van der Waals surface area contributed by atoms with Gasteiger partial charge >= 0.3 is 0 Å². The van der Waals surface area contributed by atoms with E-state index in [-0.39, 0.29) is 24.8 Å². The van der Waals surface area contributed by atoms with E-state index >= 15 is 0 Å². The summed E-state index contributed by atoms with van der Waals surface area (Å²) in [4.78, 5) is 2.44. The summed E-state index contributed by atoms with van der Waals surface area (Å²) >= 11 is 0. The summed E-state index contributed by atoms with van der Waals surface area (Å²) in [5, 5.41) is 0. The molecule has 2 N–H and O–H groups in total. The van der Waals surface area contributed by atoms with Gasteiger partial charge in [-0.15, -0.1) is 24.8 Å². The molecule has 2 rings (SSSR count). The van der Waals surface area contributed by atoms with Crippen LogP contribution in [-0.2, 0) is 11.3 Å². The van der Waals surface area contributed by atoms with Crippen LogP contribution in [0.15, 0.2) is 30.3 Å². The van der Waals surface area contributed by atoms with Gasteiger partial charge in [-0.25, -0.2) is 0 Å². The topological polar surface area (TPSA) is 38.5 Å². The van der Waals surface area contributed by atoms with Crippen molar-refractivity contribution in [1.82, 2.24) is 4.90 Å². The second-order valence-corrected chi connectivity index (χ2v) is 4.29. The summed E-state index contributed by atoms with van der Waals surface area (Å²) < 4.78 is 5.66. The van der Waals surface area contributed by atoms with E-state index in [9.17, 15) is 0 Å². The lowest BCUT2D eigenvalue weighted by Crippen LogP contribution is -2.42. The van der Waals surface area contributed by atoms with Gasteiger partial charge in [0.15, 0.2) is 0 Å². The van der Waals surface area contributed by atoms with Crippen molar-refractivity contribution in [3.05, 3.63) is 35.9 Å². The molecule has 0 aliphatic carbocycles. The molecule has 0 amide bonds. The molecule has 1 fully saturated rings. The summed E-state index contributed by atoms with van der Waals surface area (Å²) in [5.41, 5.74) is 6.93. The Labute approximate surface area is 121 Å². The maximum Gasteiger partial charge on any atom is 0.0714 e. The number of morpholine rings is 1. The fraction of sp³-hybridized carbons (Fsp3) is 0.538. The number of rotatable bonds is 4. The van der Waals surface area contributed by atoms with Gasteiger partial charge in [0.2, 0.25) is 0 Å². The third-order valence-electron chi connectivity index (χ3n) is 2.96. The van der Waals surface area contributed by atoms with Crippen LogP contribution in [0.4, 0.5) is 0 Å². The Kier molecular flexibility index (Phi) is 9.42. The summed E-state index contributed by atoms with van der Waals surface area (Å²) in [5.74, 6) is 0. The monoisotopic (exact) mass is 292 g/mol. The van der Waals surface area contributed by atoms with Crippen molar-refractivity contribution in [3.8, 4) is 0 Å². The molecule has 1 atom stereocenters. The molecule has 3 nitrogen and oxygen atoms in total. The van der Waals surface area contributed by atoms with E-state index in [0.717, 1.165) is 32.7 Å². The fourth-order valence-corrected chi connectivity index (χ4v) is 2.13. The second-order valence-electron chi connectivity index (χ2n) is 4.29. The molecule has 1 aromatic rings. The van der Waals surface area contributed by atoms with E-state index in [4.69, 9.17) is 10.5 Å². The van der Waals surface area contributed by atoms with Crippen molar-refractivity contribution in [2.24, 2.45) is 5.73 Å². The minimum Gasteiger partial charge on any atom is -0.376 e. The first-order valence-electron chi connectivity index (χ1n) is 5.96. The van der Waals surface area contributed by atoms with Gasteiger partial charge in [-0.1, -0.05) is 30.3 Å². The van der Waals surface area contributed by atoms with Crippen LogP contribution in [0, 0.1) is 0 Å². The first kappa shape index (κ1) is 17.7.